The summed E-state index contributed by atoms with van der Waals surface area (Å²) in [6.45, 7) is 1.51. The third-order valence-corrected chi connectivity index (χ3v) is 4.66. The molecule has 1 heterocycles. The molecule has 3 rings (SSSR count). The van der Waals surface area contributed by atoms with Crippen molar-refractivity contribution >= 4 is 24.1 Å². The van der Waals surface area contributed by atoms with Gasteiger partial charge in [0.25, 0.3) is 0 Å². The average Bonchev–Trinajstić information content (AvgIpc) is 3.24. The van der Waals surface area contributed by atoms with Crippen LogP contribution in [0.1, 0.15) is 22.3 Å². The predicted molar refractivity (Wildman–Crippen MR) is 118 cm³/mol. The van der Waals surface area contributed by atoms with Gasteiger partial charge in [-0.1, -0.05) is 48.5 Å². The van der Waals surface area contributed by atoms with E-state index in [1.807, 2.05) is 60.9 Å². The number of methoxy groups -OCH3 is 2. The van der Waals surface area contributed by atoms with Crippen LogP contribution in [-0.4, -0.2) is 30.7 Å². The first kappa shape index (κ1) is 21.8. The summed E-state index contributed by atoms with van der Waals surface area (Å²) in [5.41, 5.74) is 4.22. The van der Waals surface area contributed by atoms with Gasteiger partial charge in [-0.15, -0.1) is 0 Å². The lowest BCUT2D eigenvalue weighted by Crippen LogP contribution is -2.31. The smallest absolute Gasteiger partial charge is 0.330 e. The summed E-state index contributed by atoms with van der Waals surface area (Å²) in [6, 6.07) is 16.1. The Labute approximate surface area is 181 Å². The van der Waals surface area contributed by atoms with E-state index in [1.165, 1.54) is 37.5 Å². The zero-order chi connectivity index (χ0) is 22.1. The normalized spacial score (nSPS) is 11.2. The maximum atomic E-state index is 11.2. The van der Waals surface area contributed by atoms with Gasteiger partial charge in [0.1, 0.15) is 25.5 Å². The van der Waals surface area contributed by atoms with Gasteiger partial charge in [0.15, 0.2) is 0 Å². The van der Waals surface area contributed by atoms with Crippen molar-refractivity contribution < 1.29 is 23.6 Å². The molecule has 0 spiro atoms. The lowest BCUT2D eigenvalue weighted by atomic mass is 10.1. The van der Waals surface area contributed by atoms with E-state index in [0.717, 1.165) is 24.2 Å². The molecular weight excluding hydrogens is 392 g/mol. The van der Waals surface area contributed by atoms with E-state index in [-0.39, 0.29) is 11.9 Å². The van der Waals surface area contributed by atoms with Crippen molar-refractivity contribution in [1.29, 1.82) is 0 Å². The Hall–Kier alpha value is -3.93. The highest BCUT2D eigenvalue weighted by Crippen LogP contribution is 2.09. The highest BCUT2D eigenvalue weighted by molar-refractivity contribution is 5.87. The first-order chi connectivity index (χ1) is 15.1. The van der Waals surface area contributed by atoms with Gasteiger partial charge < -0.3 is 9.47 Å². The molecule has 31 heavy (non-hydrogen) atoms. The number of rotatable bonds is 8. The largest absolute Gasteiger partial charge is 0.466 e. The number of aromatic nitrogens is 2. The molecule has 0 N–H and O–H groups in total. The fraction of sp³-hybridized carbons (Fsp3) is 0.160. The Bertz CT molecular complexity index is 991. The van der Waals surface area contributed by atoms with Crippen molar-refractivity contribution in [2.75, 3.05) is 14.2 Å². The Balaban J connectivity index is 1.57. The molecule has 0 radical (unpaired) electrons. The molecule has 3 aromatic rings. The fourth-order valence-electron chi connectivity index (χ4n) is 2.98. The lowest BCUT2D eigenvalue weighted by Gasteiger charge is -2.01. The van der Waals surface area contributed by atoms with E-state index in [9.17, 15) is 9.59 Å². The Morgan fingerprint density at radius 1 is 0.839 bits per heavy atom. The maximum absolute atomic E-state index is 11.2. The average molecular weight is 417 g/mol. The molecule has 0 unspecified atom stereocenters. The number of ether oxygens (including phenoxy) is 2. The van der Waals surface area contributed by atoms with E-state index in [1.54, 1.807) is 12.2 Å². The van der Waals surface area contributed by atoms with Crippen molar-refractivity contribution in [3.63, 3.8) is 0 Å². The number of carbonyl (C=O) groups is 2. The summed E-state index contributed by atoms with van der Waals surface area (Å²) >= 11 is 0. The minimum absolute atomic E-state index is 0.367. The number of nitrogens with zero attached hydrogens (tertiary/aromatic N) is 2. The lowest BCUT2D eigenvalue weighted by molar-refractivity contribution is -0.687. The van der Waals surface area contributed by atoms with Gasteiger partial charge in [-0.05, 0) is 34.4 Å². The molecule has 0 aliphatic carbocycles. The van der Waals surface area contributed by atoms with E-state index in [0.29, 0.717) is 0 Å². The van der Waals surface area contributed by atoms with Gasteiger partial charge in [0.2, 0.25) is 6.33 Å². The number of imidazole rings is 1. The van der Waals surface area contributed by atoms with E-state index in [2.05, 4.69) is 24.9 Å². The molecule has 0 bridgehead atoms. The predicted octanol–water partition coefficient (Wildman–Crippen LogP) is 3.24. The van der Waals surface area contributed by atoms with Crippen LogP contribution < -0.4 is 4.57 Å². The number of carbonyl (C=O) groups excluding carboxylic acids is 2. The highest BCUT2D eigenvalue weighted by atomic mass is 16.5. The van der Waals surface area contributed by atoms with E-state index >= 15 is 0 Å². The number of hydrogen-bond acceptors (Lipinski definition) is 4. The molecule has 0 aliphatic rings. The van der Waals surface area contributed by atoms with Crippen LogP contribution in [0.4, 0.5) is 0 Å². The quantitative estimate of drug-likeness (QED) is 0.321. The highest BCUT2D eigenvalue weighted by Gasteiger charge is 2.06. The van der Waals surface area contributed by atoms with Crippen LogP contribution in [-0.2, 0) is 32.2 Å². The van der Waals surface area contributed by atoms with Crippen LogP contribution in [0.25, 0.3) is 12.2 Å². The maximum Gasteiger partial charge on any atom is 0.330 e. The van der Waals surface area contributed by atoms with Gasteiger partial charge in [-0.2, -0.15) is 0 Å². The molecule has 1 aromatic heterocycles. The van der Waals surface area contributed by atoms with Crippen LogP contribution in [0.2, 0.25) is 0 Å². The molecule has 0 atom stereocenters. The minimum atomic E-state index is -0.367. The zero-order valence-corrected chi connectivity index (χ0v) is 17.6. The van der Waals surface area contributed by atoms with Crippen molar-refractivity contribution in [2.24, 2.45) is 0 Å². The molecule has 0 aliphatic heterocycles. The third kappa shape index (κ3) is 6.82. The topological polar surface area (TPSA) is 61.4 Å². The second kappa shape index (κ2) is 10.7. The molecular formula is C25H25N2O4+. The summed E-state index contributed by atoms with van der Waals surface area (Å²) in [6.07, 6.45) is 12.4. The molecule has 158 valence electrons. The number of esters is 2. The standard InChI is InChI=1S/C25H25N2O4/c1-30-24(28)13-11-20-3-7-22(8-4-20)17-26-15-16-27(19-26)18-23-9-5-21(6-10-23)12-14-25(29)31-2/h3-16,19H,17-18H2,1-2H3/q+1/b13-11+,14-12+. The van der Waals surface area contributed by atoms with Crippen molar-refractivity contribution in [1.82, 2.24) is 4.57 Å². The number of hydrogen-bond donors (Lipinski definition) is 0. The Morgan fingerprint density at radius 2 is 1.35 bits per heavy atom. The Kier molecular flexibility index (Phi) is 7.54. The molecule has 0 saturated carbocycles. The number of benzene rings is 2. The fourth-order valence-corrected chi connectivity index (χ4v) is 2.98. The summed E-state index contributed by atoms with van der Waals surface area (Å²) < 4.78 is 13.4. The van der Waals surface area contributed by atoms with Gasteiger partial charge in [-0.3, -0.25) is 0 Å². The molecule has 6 heteroatoms. The zero-order valence-electron chi connectivity index (χ0n) is 17.6. The van der Waals surface area contributed by atoms with Crippen LogP contribution >= 0.6 is 0 Å². The van der Waals surface area contributed by atoms with E-state index < -0.39 is 0 Å². The van der Waals surface area contributed by atoms with E-state index in [4.69, 9.17) is 0 Å². The Morgan fingerprint density at radius 3 is 1.87 bits per heavy atom. The first-order valence-corrected chi connectivity index (χ1v) is 9.80. The van der Waals surface area contributed by atoms with Crippen LogP contribution in [0.5, 0.6) is 0 Å². The minimum Gasteiger partial charge on any atom is -0.466 e. The van der Waals surface area contributed by atoms with Crippen LogP contribution in [0, 0.1) is 0 Å². The van der Waals surface area contributed by atoms with Crippen molar-refractivity contribution in [2.45, 2.75) is 13.1 Å². The summed E-state index contributed by atoms with van der Waals surface area (Å²) in [5.74, 6) is -0.735. The van der Waals surface area contributed by atoms with Gasteiger partial charge >= 0.3 is 11.9 Å². The second-order valence-corrected chi connectivity index (χ2v) is 6.95. The van der Waals surface area contributed by atoms with Gasteiger partial charge in [0.05, 0.1) is 14.2 Å². The summed E-state index contributed by atoms with van der Waals surface area (Å²) in [7, 11) is 2.72. The molecule has 2 aromatic carbocycles. The molecule has 0 amide bonds. The third-order valence-electron chi connectivity index (χ3n) is 4.66. The van der Waals surface area contributed by atoms with Gasteiger partial charge in [-0.25, -0.2) is 18.7 Å². The molecule has 0 saturated heterocycles. The summed E-state index contributed by atoms with van der Waals surface area (Å²) in [4.78, 5) is 22.3. The van der Waals surface area contributed by atoms with Crippen molar-refractivity contribution in [3.05, 3.63) is 102 Å². The molecule has 0 fully saturated rings. The van der Waals surface area contributed by atoms with Crippen molar-refractivity contribution in [3.8, 4) is 0 Å². The summed E-state index contributed by atoms with van der Waals surface area (Å²) in [5, 5.41) is 0. The molecule has 6 nitrogen and oxygen atoms in total. The second-order valence-electron chi connectivity index (χ2n) is 6.95. The van der Waals surface area contributed by atoms with Crippen LogP contribution in [0.3, 0.4) is 0 Å². The first-order valence-electron chi connectivity index (χ1n) is 9.80. The monoisotopic (exact) mass is 417 g/mol. The van der Waals surface area contributed by atoms with Crippen LogP contribution in [0.15, 0.2) is 79.4 Å². The van der Waals surface area contributed by atoms with Gasteiger partial charge in [0, 0.05) is 12.2 Å². The SMILES string of the molecule is COC(=O)/C=C/c1ccc(Cn2cc[n+](Cc3ccc(/C=C/C(=O)OC)cc3)c2)cc1.